The maximum Gasteiger partial charge on any atom is 0.0431 e. The molecule has 0 amide bonds. The topological polar surface area (TPSA) is 58.3 Å². The second-order valence-corrected chi connectivity index (χ2v) is 3.17. The fourth-order valence-corrected chi connectivity index (χ4v) is 0.927. The van der Waals surface area contributed by atoms with Crippen LogP contribution in [0.15, 0.2) is 12.3 Å². The van der Waals surface area contributed by atoms with E-state index >= 15 is 0 Å². The second-order valence-electron chi connectivity index (χ2n) is 3.17. The first kappa shape index (κ1) is 12.5. The Labute approximate surface area is 81.0 Å². The van der Waals surface area contributed by atoms with Crippen molar-refractivity contribution in [3.8, 4) is 0 Å². The van der Waals surface area contributed by atoms with E-state index in [0.29, 0.717) is 6.61 Å². The van der Waals surface area contributed by atoms with Crippen molar-refractivity contribution in [1.82, 2.24) is 5.32 Å². The summed E-state index contributed by atoms with van der Waals surface area (Å²) >= 11 is 0. The third-order valence-electron chi connectivity index (χ3n) is 1.91. The number of unbranched alkanes of at least 4 members (excludes halogenated alkanes) is 2. The summed E-state index contributed by atoms with van der Waals surface area (Å²) in [7, 11) is 0. The van der Waals surface area contributed by atoms with E-state index in [1.165, 1.54) is 0 Å². The van der Waals surface area contributed by atoms with Gasteiger partial charge < -0.3 is 16.2 Å². The Bertz CT molecular complexity index is 126. The summed E-state index contributed by atoms with van der Waals surface area (Å²) in [5.41, 5.74) is 5.68. The second kappa shape index (κ2) is 9.55. The number of hydrogen-bond donors (Lipinski definition) is 3. The minimum Gasteiger partial charge on any atom is -0.396 e. The molecule has 1 unspecified atom stereocenters. The largest absolute Gasteiger partial charge is 0.396 e. The van der Waals surface area contributed by atoms with Gasteiger partial charge in [0.05, 0.1) is 0 Å². The monoisotopic (exact) mass is 186 g/mol. The summed E-state index contributed by atoms with van der Waals surface area (Å²) in [5, 5.41) is 11.7. The summed E-state index contributed by atoms with van der Waals surface area (Å²) < 4.78 is 0. The van der Waals surface area contributed by atoms with E-state index in [0.717, 1.165) is 32.2 Å². The molecule has 3 nitrogen and oxygen atoms in total. The number of hydrogen-bond acceptors (Lipinski definition) is 3. The lowest BCUT2D eigenvalue weighted by Crippen LogP contribution is -2.17. The first-order valence-electron chi connectivity index (χ1n) is 5.07. The van der Waals surface area contributed by atoms with Crippen molar-refractivity contribution in [2.75, 3.05) is 13.2 Å². The maximum absolute atomic E-state index is 8.52. The van der Waals surface area contributed by atoms with Crippen molar-refractivity contribution in [1.29, 1.82) is 0 Å². The van der Waals surface area contributed by atoms with Gasteiger partial charge in [-0.2, -0.15) is 0 Å². The highest BCUT2D eigenvalue weighted by molar-refractivity contribution is 4.88. The fraction of sp³-hybridized carbons (Fsp3) is 0.800. The van der Waals surface area contributed by atoms with Gasteiger partial charge in [-0.25, -0.2) is 0 Å². The van der Waals surface area contributed by atoms with Gasteiger partial charge in [0.1, 0.15) is 0 Å². The van der Waals surface area contributed by atoms with Crippen LogP contribution in [0.4, 0.5) is 0 Å². The molecule has 0 rings (SSSR count). The summed E-state index contributed by atoms with van der Waals surface area (Å²) in [5.74, 6) is 0. The molecule has 0 bridgehead atoms. The van der Waals surface area contributed by atoms with Gasteiger partial charge >= 0.3 is 0 Å². The lowest BCUT2D eigenvalue weighted by Gasteiger charge is -2.02. The zero-order valence-corrected chi connectivity index (χ0v) is 8.50. The summed E-state index contributed by atoms with van der Waals surface area (Å²) in [6.45, 7) is 3.33. The molecule has 0 aliphatic rings. The molecule has 3 heteroatoms. The summed E-state index contributed by atoms with van der Waals surface area (Å²) in [4.78, 5) is 0. The molecule has 0 aromatic carbocycles. The van der Waals surface area contributed by atoms with Crippen molar-refractivity contribution < 1.29 is 5.11 Å². The zero-order chi connectivity index (χ0) is 9.94. The average molecular weight is 186 g/mol. The van der Waals surface area contributed by atoms with Crippen LogP contribution in [0.5, 0.6) is 0 Å². The highest BCUT2D eigenvalue weighted by Crippen LogP contribution is 1.92. The van der Waals surface area contributed by atoms with Crippen LogP contribution >= 0.6 is 0 Å². The predicted molar refractivity (Wildman–Crippen MR) is 56.3 cm³/mol. The van der Waals surface area contributed by atoms with Crippen LogP contribution in [-0.2, 0) is 0 Å². The Kier molecular flexibility index (Phi) is 9.15. The lowest BCUT2D eigenvalue weighted by atomic mass is 10.2. The first-order valence-corrected chi connectivity index (χ1v) is 5.07. The fourth-order valence-electron chi connectivity index (χ4n) is 0.927. The van der Waals surface area contributed by atoms with Crippen molar-refractivity contribution in [2.24, 2.45) is 5.73 Å². The van der Waals surface area contributed by atoms with Crippen LogP contribution in [0, 0.1) is 0 Å². The minimum absolute atomic E-state index is 0.171. The maximum atomic E-state index is 8.52. The van der Waals surface area contributed by atoms with Gasteiger partial charge in [-0.3, -0.25) is 0 Å². The number of aliphatic hydroxyl groups excluding tert-OH is 1. The van der Waals surface area contributed by atoms with Crippen molar-refractivity contribution in [3.63, 3.8) is 0 Å². The summed E-state index contributed by atoms with van der Waals surface area (Å²) in [6, 6.07) is 0.171. The molecule has 0 aliphatic heterocycles. The standard InChI is InChI=1S/C10H22N2O/c1-2-10(11)6-8-12-7-4-3-5-9-13/h6,8,10,12-13H,2-5,7,9,11H2,1H3/b8-6-. The van der Waals surface area contributed by atoms with E-state index in [9.17, 15) is 0 Å². The molecule has 0 spiro atoms. The molecule has 0 fully saturated rings. The van der Waals surface area contributed by atoms with Gasteiger partial charge in [0.15, 0.2) is 0 Å². The average Bonchev–Trinajstić information content (AvgIpc) is 2.16. The minimum atomic E-state index is 0.171. The molecule has 0 aromatic heterocycles. The van der Waals surface area contributed by atoms with Crippen molar-refractivity contribution in [2.45, 2.75) is 38.6 Å². The molecule has 1 atom stereocenters. The van der Waals surface area contributed by atoms with Gasteiger partial charge in [-0.1, -0.05) is 13.0 Å². The normalized spacial score (nSPS) is 13.5. The lowest BCUT2D eigenvalue weighted by molar-refractivity contribution is 0.283. The smallest absolute Gasteiger partial charge is 0.0431 e. The Morgan fingerprint density at radius 1 is 1.38 bits per heavy atom. The van der Waals surface area contributed by atoms with Crippen molar-refractivity contribution in [3.05, 3.63) is 12.3 Å². The molecule has 0 saturated heterocycles. The van der Waals surface area contributed by atoms with E-state index in [1.807, 2.05) is 12.3 Å². The highest BCUT2D eigenvalue weighted by atomic mass is 16.2. The SMILES string of the molecule is CCC(N)/C=C\NCCCCCO. The van der Waals surface area contributed by atoms with Crippen LogP contribution in [0.3, 0.4) is 0 Å². The van der Waals surface area contributed by atoms with E-state index in [2.05, 4.69) is 12.2 Å². The molecular formula is C10H22N2O. The van der Waals surface area contributed by atoms with E-state index < -0.39 is 0 Å². The van der Waals surface area contributed by atoms with Gasteiger partial charge in [0.2, 0.25) is 0 Å². The number of aliphatic hydroxyl groups is 1. The van der Waals surface area contributed by atoms with E-state index in [4.69, 9.17) is 10.8 Å². The van der Waals surface area contributed by atoms with Crippen LogP contribution in [0.25, 0.3) is 0 Å². The third-order valence-corrected chi connectivity index (χ3v) is 1.91. The molecule has 0 radical (unpaired) electrons. The predicted octanol–water partition coefficient (Wildman–Crippen LogP) is 0.990. The highest BCUT2D eigenvalue weighted by Gasteiger charge is 1.89. The molecule has 0 saturated carbocycles. The molecule has 0 aromatic rings. The number of nitrogens with one attached hydrogen (secondary N) is 1. The molecule has 78 valence electrons. The molecular weight excluding hydrogens is 164 g/mol. The van der Waals surface area contributed by atoms with Crippen LogP contribution < -0.4 is 11.1 Å². The zero-order valence-electron chi connectivity index (χ0n) is 8.50. The van der Waals surface area contributed by atoms with E-state index in [1.54, 1.807) is 0 Å². The first-order chi connectivity index (χ1) is 6.31. The summed E-state index contributed by atoms with van der Waals surface area (Å²) in [6.07, 6.45) is 7.96. The molecule has 4 N–H and O–H groups in total. The number of rotatable bonds is 8. The van der Waals surface area contributed by atoms with Crippen LogP contribution in [0.2, 0.25) is 0 Å². The van der Waals surface area contributed by atoms with Gasteiger partial charge in [-0.05, 0) is 31.9 Å². The van der Waals surface area contributed by atoms with Crippen molar-refractivity contribution >= 4 is 0 Å². The number of nitrogens with two attached hydrogens (primary N) is 1. The Hall–Kier alpha value is -0.540. The van der Waals surface area contributed by atoms with Crippen LogP contribution in [-0.4, -0.2) is 24.3 Å². The molecule has 0 heterocycles. The molecule has 13 heavy (non-hydrogen) atoms. The quantitative estimate of drug-likeness (QED) is 0.495. The Morgan fingerprint density at radius 3 is 2.77 bits per heavy atom. The molecule has 0 aliphatic carbocycles. The van der Waals surface area contributed by atoms with Gasteiger partial charge in [-0.15, -0.1) is 0 Å². The third kappa shape index (κ3) is 9.37. The van der Waals surface area contributed by atoms with Gasteiger partial charge in [0.25, 0.3) is 0 Å². The van der Waals surface area contributed by atoms with E-state index in [-0.39, 0.29) is 6.04 Å². The Morgan fingerprint density at radius 2 is 2.15 bits per heavy atom. The van der Waals surface area contributed by atoms with Crippen LogP contribution in [0.1, 0.15) is 32.6 Å². The Balaban J connectivity index is 3.10. The van der Waals surface area contributed by atoms with Gasteiger partial charge in [0, 0.05) is 19.2 Å².